The minimum absolute atomic E-state index is 0.384. The standard InChI is InChI=1S/C13H13BrN2O2S2/c1-8-12(5-13(14)19-8)20(17,18)16-6-9-2-3-11(15)4-10(9)7-16/h2-5H,6-7,15H2,1H3. The van der Waals surface area contributed by atoms with Gasteiger partial charge in [0.1, 0.15) is 0 Å². The third-order valence-corrected chi connectivity index (χ3v) is 6.98. The number of sulfonamides is 1. The van der Waals surface area contributed by atoms with E-state index in [1.807, 2.05) is 19.1 Å². The first-order valence-corrected chi connectivity index (χ1v) is 9.06. The fourth-order valence-electron chi connectivity index (χ4n) is 2.38. The maximum absolute atomic E-state index is 12.7. The smallest absolute Gasteiger partial charge is 0.244 e. The molecule has 106 valence electrons. The van der Waals surface area contributed by atoms with E-state index < -0.39 is 10.0 Å². The van der Waals surface area contributed by atoms with Gasteiger partial charge in [0, 0.05) is 23.7 Å². The molecule has 0 saturated carbocycles. The van der Waals surface area contributed by atoms with Crippen LogP contribution in [0.15, 0.2) is 32.9 Å². The molecule has 2 N–H and O–H groups in total. The van der Waals surface area contributed by atoms with Crippen molar-refractivity contribution in [3.05, 3.63) is 44.1 Å². The second kappa shape index (κ2) is 4.84. The lowest BCUT2D eigenvalue weighted by Crippen LogP contribution is -2.25. The van der Waals surface area contributed by atoms with Crippen LogP contribution >= 0.6 is 27.3 Å². The van der Waals surface area contributed by atoms with Crippen molar-refractivity contribution in [2.24, 2.45) is 0 Å². The van der Waals surface area contributed by atoms with Crippen LogP contribution in [-0.2, 0) is 23.1 Å². The first-order chi connectivity index (χ1) is 9.38. The van der Waals surface area contributed by atoms with Gasteiger partial charge in [0.05, 0.1) is 8.68 Å². The summed E-state index contributed by atoms with van der Waals surface area (Å²) >= 11 is 4.77. The molecule has 2 heterocycles. The van der Waals surface area contributed by atoms with Crippen molar-refractivity contribution < 1.29 is 8.42 Å². The fraction of sp³-hybridized carbons (Fsp3) is 0.231. The van der Waals surface area contributed by atoms with Crippen LogP contribution in [0.25, 0.3) is 0 Å². The van der Waals surface area contributed by atoms with Crippen LogP contribution in [0, 0.1) is 6.92 Å². The summed E-state index contributed by atoms with van der Waals surface area (Å²) in [5.41, 5.74) is 8.43. The molecule has 3 rings (SSSR count). The highest BCUT2D eigenvalue weighted by Gasteiger charge is 2.32. The Kier molecular flexibility index (Phi) is 3.40. The van der Waals surface area contributed by atoms with Crippen LogP contribution in [0.2, 0.25) is 0 Å². The molecule has 0 atom stereocenters. The van der Waals surface area contributed by atoms with Crippen LogP contribution in [-0.4, -0.2) is 12.7 Å². The average molecular weight is 373 g/mol. The van der Waals surface area contributed by atoms with Gasteiger partial charge in [-0.25, -0.2) is 8.42 Å². The van der Waals surface area contributed by atoms with Gasteiger partial charge in [-0.3, -0.25) is 0 Å². The van der Waals surface area contributed by atoms with Gasteiger partial charge in [-0.05, 0) is 52.2 Å². The number of anilines is 1. The monoisotopic (exact) mass is 372 g/mol. The van der Waals surface area contributed by atoms with E-state index in [0.29, 0.717) is 23.7 Å². The molecule has 1 aromatic carbocycles. The van der Waals surface area contributed by atoms with E-state index in [4.69, 9.17) is 5.73 Å². The molecule has 0 aliphatic carbocycles. The topological polar surface area (TPSA) is 63.4 Å². The Hall–Kier alpha value is -0.890. The quantitative estimate of drug-likeness (QED) is 0.823. The average Bonchev–Trinajstić information content (AvgIpc) is 2.92. The molecule has 1 aliphatic rings. The lowest BCUT2D eigenvalue weighted by atomic mass is 10.1. The molecule has 0 fully saturated rings. The number of thiophene rings is 1. The van der Waals surface area contributed by atoms with Crippen LogP contribution < -0.4 is 5.73 Å². The first-order valence-electron chi connectivity index (χ1n) is 6.01. The predicted octanol–water partition coefficient (Wildman–Crippen LogP) is 3.11. The van der Waals surface area contributed by atoms with Crippen molar-refractivity contribution in [2.75, 3.05) is 5.73 Å². The minimum Gasteiger partial charge on any atom is -0.399 e. The number of nitrogens with zero attached hydrogens (tertiary/aromatic N) is 1. The molecule has 0 spiro atoms. The lowest BCUT2D eigenvalue weighted by Gasteiger charge is -2.15. The molecule has 0 saturated heterocycles. The predicted molar refractivity (Wildman–Crippen MR) is 84.0 cm³/mol. The molecule has 1 aromatic heterocycles. The van der Waals surface area contributed by atoms with Gasteiger partial charge in [0.25, 0.3) is 0 Å². The Bertz CT molecular complexity index is 784. The Morgan fingerprint density at radius 3 is 2.60 bits per heavy atom. The molecule has 7 heteroatoms. The molecule has 0 amide bonds. The number of nitrogen functional groups attached to an aromatic ring is 1. The van der Waals surface area contributed by atoms with Crippen molar-refractivity contribution in [1.82, 2.24) is 4.31 Å². The normalized spacial score (nSPS) is 15.5. The lowest BCUT2D eigenvalue weighted by molar-refractivity contribution is 0.431. The molecule has 0 radical (unpaired) electrons. The number of fused-ring (bicyclic) bond motifs is 1. The zero-order valence-corrected chi connectivity index (χ0v) is 14.0. The van der Waals surface area contributed by atoms with Crippen molar-refractivity contribution in [1.29, 1.82) is 0 Å². The van der Waals surface area contributed by atoms with Crippen LogP contribution in [0.3, 0.4) is 0 Å². The highest BCUT2D eigenvalue weighted by atomic mass is 79.9. The van der Waals surface area contributed by atoms with Crippen molar-refractivity contribution in [2.45, 2.75) is 24.9 Å². The Labute approximate surface area is 130 Å². The van der Waals surface area contributed by atoms with Crippen molar-refractivity contribution >= 4 is 43.0 Å². The third-order valence-electron chi connectivity index (χ3n) is 3.38. The van der Waals surface area contributed by atoms with Crippen molar-refractivity contribution in [3.8, 4) is 0 Å². The zero-order chi connectivity index (χ0) is 14.5. The van der Waals surface area contributed by atoms with E-state index in [0.717, 1.165) is 19.8 Å². The zero-order valence-electron chi connectivity index (χ0n) is 10.8. The maximum Gasteiger partial charge on any atom is 0.244 e. The maximum atomic E-state index is 12.7. The molecule has 20 heavy (non-hydrogen) atoms. The number of halogens is 1. The number of hydrogen-bond donors (Lipinski definition) is 1. The third kappa shape index (κ3) is 2.28. The molecule has 4 nitrogen and oxygen atoms in total. The van der Waals surface area contributed by atoms with Crippen LogP contribution in [0.5, 0.6) is 0 Å². The Morgan fingerprint density at radius 1 is 1.25 bits per heavy atom. The van der Waals surface area contributed by atoms with Gasteiger partial charge in [0.15, 0.2) is 0 Å². The molecule has 1 aliphatic heterocycles. The summed E-state index contributed by atoms with van der Waals surface area (Å²) in [4.78, 5) is 1.18. The van der Waals surface area contributed by atoms with E-state index in [2.05, 4.69) is 15.9 Å². The highest BCUT2D eigenvalue weighted by Crippen LogP contribution is 2.35. The van der Waals surface area contributed by atoms with E-state index in [1.165, 1.54) is 15.6 Å². The number of aryl methyl sites for hydroxylation is 1. The largest absolute Gasteiger partial charge is 0.399 e. The summed E-state index contributed by atoms with van der Waals surface area (Å²) in [6, 6.07) is 7.23. The molecule has 2 aromatic rings. The highest BCUT2D eigenvalue weighted by molar-refractivity contribution is 9.11. The summed E-state index contributed by atoms with van der Waals surface area (Å²) in [6.45, 7) is 2.62. The van der Waals surface area contributed by atoms with Gasteiger partial charge in [-0.15, -0.1) is 11.3 Å². The van der Waals surface area contributed by atoms with Gasteiger partial charge in [-0.2, -0.15) is 4.31 Å². The van der Waals surface area contributed by atoms with Gasteiger partial charge >= 0.3 is 0 Å². The second-order valence-corrected chi connectivity index (χ2v) is 9.31. The van der Waals surface area contributed by atoms with E-state index >= 15 is 0 Å². The minimum atomic E-state index is -3.46. The SMILES string of the molecule is Cc1sc(Br)cc1S(=O)(=O)N1Cc2ccc(N)cc2C1. The second-order valence-electron chi connectivity index (χ2n) is 4.77. The molecular weight excluding hydrogens is 360 g/mol. The number of hydrogen-bond acceptors (Lipinski definition) is 4. The number of nitrogens with two attached hydrogens (primary N) is 1. The van der Waals surface area contributed by atoms with Gasteiger partial charge in [0.2, 0.25) is 10.0 Å². The van der Waals surface area contributed by atoms with Gasteiger partial charge < -0.3 is 5.73 Å². The Balaban J connectivity index is 1.98. The van der Waals surface area contributed by atoms with E-state index in [9.17, 15) is 8.42 Å². The number of rotatable bonds is 2. The Morgan fingerprint density at radius 2 is 1.95 bits per heavy atom. The van der Waals surface area contributed by atoms with Crippen LogP contribution in [0.4, 0.5) is 5.69 Å². The molecular formula is C13H13BrN2O2S2. The van der Waals surface area contributed by atoms with Gasteiger partial charge in [-0.1, -0.05) is 6.07 Å². The molecule has 0 unspecified atom stereocenters. The summed E-state index contributed by atoms with van der Waals surface area (Å²) in [6.07, 6.45) is 0. The van der Waals surface area contributed by atoms with Crippen LogP contribution in [0.1, 0.15) is 16.0 Å². The summed E-state index contributed by atoms with van der Waals surface area (Å²) in [7, 11) is -3.46. The first kappa shape index (κ1) is 14.1. The van der Waals surface area contributed by atoms with E-state index in [-0.39, 0.29) is 0 Å². The summed E-state index contributed by atoms with van der Waals surface area (Å²) in [5.74, 6) is 0. The van der Waals surface area contributed by atoms with Crippen molar-refractivity contribution in [3.63, 3.8) is 0 Å². The number of benzene rings is 1. The molecule has 0 bridgehead atoms. The summed E-state index contributed by atoms with van der Waals surface area (Å²) < 4.78 is 27.7. The fourth-order valence-corrected chi connectivity index (χ4v) is 6.16. The van der Waals surface area contributed by atoms with E-state index in [1.54, 1.807) is 12.1 Å². The summed E-state index contributed by atoms with van der Waals surface area (Å²) in [5, 5.41) is 0.